The van der Waals surface area contributed by atoms with Crippen molar-refractivity contribution in [1.82, 2.24) is 14.5 Å². The summed E-state index contributed by atoms with van der Waals surface area (Å²) in [5.41, 5.74) is 4.06. The fourth-order valence-electron chi connectivity index (χ4n) is 3.23. The highest BCUT2D eigenvalue weighted by Crippen LogP contribution is 2.35. The molecule has 0 N–H and O–H groups in total. The maximum absolute atomic E-state index is 6.36. The molecule has 1 fully saturated rings. The van der Waals surface area contributed by atoms with Gasteiger partial charge in [0.1, 0.15) is 0 Å². The van der Waals surface area contributed by atoms with Crippen molar-refractivity contribution < 1.29 is 0 Å². The van der Waals surface area contributed by atoms with Crippen molar-refractivity contribution in [3.05, 3.63) is 28.9 Å². The number of imidazole rings is 1. The Balaban J connectivity index is 1.81. The molecule has 0 amide bonds. The van der Waals surface area contributed by atoms with E-state index in [2.05, 4.69) is 51.9 Å². The van der Waals surface area contributed by atoms with Crippen LogP contribution in [-0.2, 0) is 0 Å². The first-order valence-corrected chi connectivity index (χ1v) is 9.28. The number of hydrogen-bond acceptors (Lipinski definition) is 4. The lowest BCUT2D eigenvalue weighted by molar-refractivity contribution is 0.618. The van der Waals surface area contributed by atoms with E-state index in [9.17, 15) is 0 Å². The first-order chi connectivity index (χ1) is 11.1. The zero-order valence-electron chi connectivity index (χ0n) is 13.3. The van der Waals surface area contributed by atoms with Crippen LogP contribution in [0.3, 0.4) is 0 Å². The van der Waals surface area contributed by atoms with Gasteiger partial charge in [-0.1, -0.05) is 12.1 Å². The zero-order chi connectivity index (χ0) is 16.0. The molecule has 1 aliphatic rings. The molecule has 1 saturated heterocycles. The highest BCUT2D eigenvalue weighted by Gasteiger charge is 2.19. The molecule has 0 radical (unpaired) electrons. The Morgan fingerprint density at radius 1 is 1.17 bits per heavy atom. The third-order valence-electron chi connectivity index (χ3n) is 4.34. The number of para-hydroxylation sites is 1. The molecule has 0 bridgehead atoms. The summed E-state index contributed by atoms with van der Waals surface area (Å²) in [6.45, 7) is 6.47. The van der Waals surface area contributed by atoms with E-state index in [1.807, 2.05) is 0 Å². The molecule has 0 saturated carbocycles. The number of anilines is 1. The molecular formula is C17H19ClN4S. The Bertz CT molecular complexity index is 846. The van der Waals surface area contributed by atoms with Gasteiger partial charge >= 0.3 is 0 Å². The molecule has 0 atom stereocenters. The van der Waals surface area contributed by atoms with Gasteiger partial charge in [0, 0.05) is 30.1 Å². The molecule has 0 aliphatic carbocycles. The minimum Gasteiger partial charge on any atom is -0.348 e. The number of aromatic nitrogens is 3. The summed E-state index contributed by atoms with van der Waals surface area (Å²) >= 11 is 8.07. The lowest BCUT2D eigenvalue weighted by atomic mass is 10.1. The summed E-state index contributed by atoms with van der Waals surface area (Å²) in [6.07, 6.45) is 2.53. The van der Waals surface area contributed by atoms with Crippen LogP contribution in [0, 0.1) is 0 Å². The number of halogens is 1. The van der Waals surface area contributed by atoms with E-state index < -0.39 is 0 Å². The van der Waals surface area contributed by atoms with Gasteiger partial charge in [-0.3, -0.25) is 0 Å². The number of nitrogens with zero attached hydrogens (tertiary/aromatic N) is 4. The Labute approximate surface area is 144 Å². The van der Waals surface area contributed by atoms with E-state index in [1.54, 1.807) is 11.3 Å². The second-order valence-corrected chi connectivity index (χ2v) is 7.40. The van der Waals surface area contributed by atoms with Crippen LogP contribution in [0.2, 0.25) is 5.28 Å². The van der Waals surface area contributed by atoms with Crippen LogP contribution in [0.4, 0.5) is 5.13 Å². The summed E-state index contributed by atoms with van der Waals surface area (Å²) < 4.78 is 2.06. The van der Waals surface area contributed by atoms with E-state index in [4.69, 9.17) is 16.6 Å². The molecule has 3 aromatic rings. The fraction of sp³-hybridized carbons (Fsp3) is 0.412. The molecule has 3 heterocycles. The summed E-state index contributed by atoms with van der Waals surface area (Å²) in [6, 6.07) is 6.49. The largest absolute Gasteiger partial charge is 0.348 e. The molecule has 4 rings (SSSR count). The van der Waals surface area contributed by atoms with Gasteiger partial charge in [0.25, 0.3) is 0 Å². The van der Waals surface area contributed by atoms with E-state index in [0.717, 1.165) is 40.5 Å². The molecule has 0 unspecified atom stereocenters. The van der Waals surface area contributed by atoms with Crippen molar-refractivity contribution in [1.29, 1.82) is 0 Å². The van der Waals surface area contributed by atoms with Crippen LogP contribution in [0.15, 0.2) is 23.6 Å². The Hall–Kier alpha value is -1.59. The predicted octanol–water partition coefficient (Wildman–Crippen LogP) is 4.99. The molecule has 120 valence electrons. The van der Waals surface area contributed by atoms with Crippen molar-refractivity contribution in [3.63, 3.8) is 0 Å². The van der Waals surface area contributed by atoms with Crippen molar-refractivity contribution in [2.24, 2.45) is 0 Å². The van der Waals surface area contributed by atoms with Crippen LogP contribution >= 0.6 is 22.9 Å². The van der Waals surface area contributed by atoms with Gasteiger partial charge in [0.2, 0.25) is 5.28 Å². The summed E-state index contributed by atoms with van der Waals surface area (Å²) in [4.78, 5) is 11.8. The Kier molecular flexibility index (Phi) is 3.77. The molecule has 2 aromatic heterocycles. The number of thiazole rings is 1. The van der Waals surface area contributed by atoms with Gasteiger partial charge in [-0.15, -0.1) is 11.3 Å². The number of rotatable bonds is 3. The van der Waals surface area contributed by atoms with E-state index in [1.165, 1.54) is 12.8 Å². The van der Waals surface area contributed by atoms with Crippen molar-refractivity contribution >= 4 is 39.1 Å². The number of benzene rings is 1. The monoisotopic (exact) mass is 346 g/mol. The van der Waals surface area contributed by atoms with E-state index >= 15 is 0 Å². The zero-order valence-corrected chi connectivity index (χ0v) is 14.9. The van der Waals surface area contributed by atoms with E-state index in [0.29, 0.717) is 5.28 Å². The highest BCUT2D eigenvalue weighted by atomic mass is 35.5. The van der Waals surface area contributed by atoms with Crippen molar-refractivity contribution in [2.75, 3.05) is 18.0 Å². The highest BCUT2D eigenvalue weighted by molar-refractivity contribution is 7.14. The summed E-state index contributed by atoms with van der Waals surface area (Å²) in [5.74, 6) is 0. The average Bonchev–Trinajstić information content (AvgIpc) is 3.24. The van der Waals surface area contributed by atoms with Crippen molar-refractivity contribution in [2.45, 2.75) is 32.7 Å². The molecule has 1 aliphatic heterocycles. The van der Waals surface area contributed by atoms with Gasteiger partial charge in [0.15, 0.2) is 5.13 Å². The normalized spacial score (nSPS) is 15.2. The van der Waals surface area contributed by atoms with Crippen LogP contribution in [0.5, 0.6) is 0 Å². The smallest absolute Gasteiger partial charge is 0.204 e. The lowest BCUT2D eigenvalue weighted by Crippen LogP contribution is -2.17. The van der Waals surface area contributed by atoms with Crippen LogP contribution in [0.1, 0.15) is 32.7 Å². The Morgan fingerprint density at radius 2 is 1.96 bits per heavy atom. The maximum atomic E-state index is 6.36. The minimum atomic E-state index is 0.276. The SMILES string of the molecule is CC(C)n1c(Cl)nc2c(-c3csc(N4CCCC4)n3)cccc21. The van der Waals surface area contributed by atoms with E-state index in [-0.39, 0.29) is 6.04 Å². The van der Waals surface area contributed by atoms with Crippen LogP contribution in [0.25, 0.3) is 22.3 Å². The van der Waals surface area contributed by atoms with Crippen LogP contribution in [-0.4, -0.2) is 27.6 Å². The summed E-state index contributed by atoms with van der Waals surface area (Å²) in [7, 11) is 0. The topological polar surface area (TPSA) is 34.0 Å². The second-order valence-electron chi connectivity index (χ2n) is 6.23. The third-order valence-corrected chi connectivity index (χ3v) is 5.51. The van der Waals surface area contributed by atoms with Gasteiger partial charge in [0.05, 0.1) is 16.7 Å². The van der Waals surface area contributed by atoms with Crippen molar-refractivity contribution in [3.8, 4) is 11.3 Å². The fourth-order valence-corrected chi connectivity index (χ4v) is 4.48. The third kappa shape index (κ3) is 2.52. The maximum Gasteiger partial charge on any atom is 0.204 e. The van der Waals surface area contributed by atoms with Crippen LogP contribution < -0.4 is 4.90 Å². The van der Waals surface area contributed by atoms with Gasteiger partial charge in [-0.25, -0.2) is 9.97 Å². The first-order valence-electron chi connectivity index (χ1n) is 8.02. The first kappa shape index (κ1) is 15.0. The lowest BCUT2D eigenvalue weighted by Gasteiger charge is -2.12. The molecular weight excluding hydrogens is 328 g/mol. The second kappa shape index (κ2) is 5.80. The Morgan fingerprint density at radius 3 is 2.70 bits per heavy atom. The summed E-state index contributed by atoms with van der Waals surface area (Å²) in [5, 5.41) is 3.78. The molecule has 4 nitrogen and oxygen atoms in total. The molecule has 0 spiro atoms. The molecule has 1 aromatic carbocycles. The van der Waals surface area contributed by atoms with Gasteiger partial charge in [-0.2, -0.15) is 0 Å². The van der Waals surface area contributed by atoms with Gasteiger partial charge in [-0.05, 0) is 44.4 Å². The molecule has 23 heavy (non-hydrogen) atoms. The minimum absolute atomic E-state index is 0.276. The molecule has 6 heteroatoms. The number of hydrogen-bond donors (Lipinski definition) is 0. The quantitative estimate of drug-likeness (QED) is 0.669. The standard InChI is InChI=1S/C17H19ClN4S/c1-11(2)22-14-7-5-6-12(15(14)20-16(22)18)13-10-23-17(19-13)21-8-3-4-9-21/h5-7,10-11H,3-4,8-9H2,1-2H3. The average molecular weight is 347 g/mol. The predicted molar refractivity (Wildman–Crippen MR) is 97.7 cm³/mol. The number of fused-ring (bicyclic) bond motifs is 1. The van der Waals surface area contributed by atoms with Gasteiger partial charge < -0.3 is 9.47 Å².